The summed E-state index contributed by atoms with van der Waals surface area (Å²) in [5.74, 6) is -0.0164. The quantitative estimate of drug-likeness (QED) is 0.728. The summed E-state index contributed by atoms with van der Waals surface area (Å²) >= 11 is 0. The van der Waals surface area contributed by atoms with Crippen LogP contribution >= 0.6 is 0 Å². The molecule has 1 aliphatic heterocycles. The molecule has 2 aliphatic rings. The van der Waals surface area contributed by atoms with Crippen molar-refractivity contribution in [3.05, 3.63) is 0 Å². The van der Waals surface area contributed by atoms with Gasteiger partial charge in [-0.1, -0.05) is 0 Å². The average Bonchev–Trinajstić information content (AvgIpc) is 3.07. The highest BCUT2D eigenvalue weighted by molar-refractivity contribution is 7.91. The van der Waals surface area contributed by atoms with E-state index in [1.165, 1.54) is 7.11 Å². The number of methoxy groups -OCH3 is 1. The summed E-state index contributed by atoms with van der Waals surface area (Å²) in [6, 6.07) is -0.384. The maximum Gasteiger partial charge on any atom is 0.313 e. The van der Waals surface area contributed by atoms with E-state index in [0.29, 0.717) is 6.42 Å². The highest BCUT2D eigenvalue weighted by Crippen LogP contribution is 2.51. The van der Waals surface area contributed by atoms with Gasteiger partial charge >= 0.3 is 5.97 Å². The van der Waals surface area contributed by atoms with Crippen LogP contribution in [0.5, 0.6) is 0 Å². The highest BCUT2D eigenvalue weighted by atomic mass is 32.2. The summed E-state index contributed by atoms with van der Waals surface area (Å²) in [5, 5.41) is 0. The van der Waals surface area contributed by atoms with Gasteiger partial charge in [-0.15, -0.1) is 0 Å². The van der Waals surface area contributed by atoms with Gasteiger partial charge in [-0.05, 0) is 31.6 Å². The van der Waals surface area contributed by atoms with E-state index in [-0.39, 0.29) is 29.4 Å². The van der Waals surface area contributed by atoms with Gasteiger partial charge in [0.15, 0.2) is 9.84 Å². The van der Waals surface area contributed by atoms with Crippen molar-refractivity contribution in [2.45, 2.75) is 31.7 Å². The molecule has 2 atom stereocenters. The molecule has 17 heavy (non-hydrogen) atoms. The van der Waals surface area contributed by atoms with Gasteiger partial charge in [-0.3, -0.25) is 4.79 Å². The van der Waals surface area contributed by atoms with Gasteiger partial charge in [-0.2, -0.15) is 0 Å². The minimum absolute atomic E-state index is 0.102. The Hall–Kier alpha value is -0.620. The molecule has 1 aliphatic carbocycles. The number of ether oxygens (including phenoxy) is 1. The summed E-state index contributed by atoms with van der Waals surface area (Å²) in [5.41, 5.74) is 5.52. The predicted octanol–water partition coefficient (Wildman–Crippen LogP) is 0.0917. The number of carbonyl (C=O) groups is 1. The first kappa shape index (κ1) is 12.8. The van der Waals surface area contributed by atoms with Crippen LogP contribution in [0.4, 0.5) is 0 Å². The van der Waals surface area contributed by atoms with E-state index in [4.69, 9.17) is 10.5 Å². The summed E-state index contributed by atoms with van der Waals surface area (Å²) in [6.07, 6.45) is 2.88. The second-order valence-electron chi connectivity index (χ2n) is 5.19. The van der Waals surface area contributed by atoms with Crippen LogP contribution in [-0.4, -0.2) is 39.0 Å². The topological polar surface area (TPSA) is 86.5 Å². The van der Waals surface area contributed by atoms with Crippen molar-refractivity contribution in [3.8, 4) is 0 Å². The first-order chi connectivity index (χ1) is 7.91. The van der Waals surface area contributed by atoms with Crippen LogP contribution in [0.25, 0.3) is 0 Å². The lowest BCUT2D eigenvalue weighted by Gasteiger charge is -2.31. The molecule has 98 valence electrons. The fourth-order valence-electron chi connectivity index (χ4n) is 2.80. The Morgan fingerprint density at radius 1 is 1.47 bits per heavy atom. The fourth-order valence-corrected chi connectivity index (χ4v) is 4.60. The smallest absolute Gasteiger partial charge is 0.313 e. The van der Waals surface area contributed by atoms with Crippen LogP contribution in [0.1, 0.15) is 25.7 Å². The molecule has 0 radical (unpaired) electrons. The molecule has 2 unspecified atom stereocenters. The second-order valence-corrected chi connectivity index (χ2v) is 7.42. The summed E-state index contributed by atoms with van der Waals surface area (Å²) in [6.45, 7) is 0. The van der Waals surface area contributed by atoms with E-state index in [0.717, 1.165) is 19.3 Å². The highest BCUT2D eigenvalue weighted by Gasteiger charge is 2.58. The Morgan fingerprint density at radius 3 is 2.59 bits per heavy atom. The van der Waals surface area contributed by atoms with E-state index >= 15 is 0 Å². The van der Waals surface area contributed by atoms with Crippen LogP contribution in [0, 0.1) is 11.3 Å². The molecule has 5 nitrogen and oxygen atoms in total. The maximum absolute atomic E-state index is 11.7. The molecule has 0 amide bonds. The zero-order valence-electron chi connectivity index (χ0n) is 10.0. The van der Waals surface area contributed by atoms with Crippen LogP contribution in [0.3, 0.4) is 0 Å². The van der Waals surface area contributed by atoms with Gasteiger partial charge in [-0.25, -0.2) is 8.42 Å². The lowest BCUT2D eigenvalue weighted by Crippen LogP contribution is -2.47. The third kappa shape index (κ3) is 2.33. The average molecular weight is 261 g/mol. The molecule has 2 rings (SSSR count). The van der Waals surface area contributed by atoms with Crippen LogP contribution < -0.4 is 5.73 Å². The van der Waals surface area contributed by atoms with Crippen LogP contribution in [0.15, 0.2) is 0 Å². The number of rotatable bonds is 3. The molecular weight excluding hydrogens is 242 g/mol. The lowest BCUT2D eigenvalue weighted by atomic mass is 9.84. The van der Waals surface area contributed by atoms with E-state index in [1.807, 2.05) is 0 Å². The number of hydrogen-bond acceptors (Lipinski definition) is 5. The number of hydrogen-bond donors (Lipinski definition) is 1. The SMILES string of the molecule is COC(=O)C1(C(N)C2CCCS(=O)(=O)C2)CC1. The molecular formula is C11H19NO4S. The second kappa shape index (κ2) is 4.24. The number of nitrogens with two attached hydrogens (primary N) is 1. The van der Waals surface area contributed by atoms with Gasteiger partial charge < -0.3 is 10.5 Å². The molecule has 2 fully saturated rings. The zero-order valence-corrected chi connectivity index (χ0v) is 10.8. The monoisotopic (exact) mass is 261 g/mol. The first-order valence-electron chi connectivity index (χ1n) is 5.96. The molecule has 0 aromatic rings. The molecule has 0 spiro atoms. The predicted molar refractivity (Wildman–Crippen MR) is 63.0 cm³/mol. The van der Waals surface area contributed by atoms with E-state index in [1.54, 1.807) is 0 Å². The van der Waals surface area contributed by atoms with Crippen molar-refractivity contribution in [1.82, 2.24) is 0 Å². The molecule has 0 bridgehead atoms. The molecule has 0 aromatic heterocycles. The fraction of sp³-hybridized carbons (Fsp3) is 0.909. The lowest BCUT2D eigenvalue weighted by molar-refractivity contribution is -0.148. The maximum atomic E-state index is 11.7. The normalized spacial score (nSPS) is 31.5. The number of sulfone groups is 1. The van der Waals surface area contributed by atoms with Crippen molar-refractivity contribution in [2.24, 2.45) is 17.1 Å². The van der Waals surface area contributed by atoms with E-state index in [9.17, 15) is 13.2 Å². The minimum Gasteiger partial charge on any atom is -0.469 e. The Labute approximate surface area is 102 Å². The molecule has 1 heterocycles. The Morgan fingerprint density at radius 2 is 2.12 bits per heavy atom. The Balaban J connectivity index is 2.10. The van der Waals surface area contributed by atoms with Crippen molar-refractivity contribution in [3.63, 3.8) is 0 Å². The standard InChI is InChI=1S/C11H19NO4S/c1-16-10(13)11(4-5-11)9(12)8-3-2-6-17(14,15)7-8/h8-9H,2-7,12H2,1H3. The first-order valence-corrected chi connectivity index (χ1v) is 7.78. The zero-order chi connectivity index (χ0) is 12.7. The Kier molecular flexibility index (Phi) is 3.20. The van der Waals surface area contributed by atoms with Crippen molar-refractivity contribution in [2.75, 3.05) is 18.6 Å². The van der Waals surface area contributed by atoms with Gasteiger partial charge in [0.25, 0.3) is 0 Å². The van der Waals surface area contributed by atoms with Gasteiger partial charge in [0.05, 0.1) is 24.0 Å². The minimum atomic E-state index is -2.97. The van der Waals surface area contributed by atoms with Gasteiger partial charge in [0.2, 0.25) is 0 Å². The third-order valence-electron chi connectivity index (χ3n) is 4.02. The van der Waals surface area contributed by atoms with Crippen LogP contribution in [0.2, 0.25) is 0 Å². The molecule has 0 aromatic carbocycles. The Bertz CT molecular complexity index is 413. The summed E-state index contributed by atoms with van der Waals surface area (Å²) in [4.78, 5) is 11.7. The third-order valence-corrected chi connectivity index (χ3v) is 5.87. The van der Waals surface area contributed by atoms with Crippen LogP contribution in [-0.2, 0) is 19.4 Å². The van der Waals surface area contributed by atoms with E-state index in [2.05, 4.69) is 0 Å². The molecule has 6 heteroatoms. The molecule has 2 N–H and O–H groups in total. The molecule has 1 saturated heterocycles. The number of carbonyl (C=O) groups excluding carboxylic acids is 1. The van der Waals surface area contributed by atoms with Crippen molar-refractivity contribution in [1.29, 1.82) is 0 Å². The number of esters is 1. The molecule has 1 saturated carbocycles. The largest absolute Gasteiger partial charge is 0.469 e. The van der Waals surface area contributed by atoms with Crippen molar-refractivity contribution < 1.29 is 17.9 Å². The van der Waals surface area contributed by atoms with Gasteiger partial charge in [0, 0.05) is 6.04 Å². The van der Waals surface area contributed by atoms with E-state index < -0.39 is 15.3 Å². The van der Waals surface area contributed by atoms with Crippen molar-refractivity contribution >= 4 is 15.8 Å². The summed E-state index contributed by atoms with van der Waals surface area (Å²) < 4.78 is 27.9. The van der Waals surface area contributed by atoms with Gasteiger partial charge in [0.1, 0.15) is 0 Å². The summed E-state index contributed by atoms with van der Waals surface area (Å²) in [7, 11) is -1.62.